The first-order valence-corrected chi connectivity index (χ1v) is 9.96. The van der Waals surface area contributed by atoms with Gasteiger partial charge in [0.2, 0.25) is 0 Å². The lowest BCUT2D eigenvalue weighted by Crippen LogP contribution is -2.17. The Labute approximate surface area is 181 Å². The molecule has 0 radical (unpaired) electrons. The van der Waals surface area contributed by atoms with E-state index >= 15 is 0 Å². The lowest BCUT2D eigenvalue weighted by Gasteiger charge is -2.07. The highest BCUT2D eigenvalue weighted by molar-refractivity contribution is 5.95. The second-order valence-electron chi connectivity index (χ2n) is 6.75. The topological polar surface area (TPSA) is 83.7 Å². The first-order chi connectivity index (χ1) is 15.2. The van der Waals surface area contributed by atoms with Crippen LogP contribution in [-0.2, 0) is 6.61 Å². The second-order valence-corrected chi connectivity index (χ2v) is 6.75. The highest BCUT2D eigenvalue weighted by Gasteiger charge is 2.04. The third-order valence-corrected chi connectivity index (χ3v) is 4.29. The van der Waals surface area contributed by atoms with Crippen molar-refractivity contribution < 1.29 is 14.3 Å². The summed E-state index contributed by atoms with van der Waals surface area (Å²) in [6.07, 6.45) is 2.48. The van der Waals surface area contributed by atoms with E-state index in [4.69, 9.17) is 14.7 Å². The van der Waals surface area contributed by atoms with Gasteiger partial charge >= 0.3 is 0 Å². The number of nitriles is 1. The average molecular weight is 413 g/mol. The minimum Gasteiger partial charge on any atom is -0.494 e. The maximum Gasteiger partial charge on any atom is 0.271 e. The van der Waals surface area contributed by atoms with E-state index in [2.05, 4.69) is 16.6 Å². The molecule has 31 heavy (non-hydrogen) atoms. The summed E-state index contributed by atoms with van der Waals surface area (Å²) in [5.74, 6) is 1.10. The van der Waals surface area contributed by atoms with Gasteiger partial charge in [-0.15, -0.1) is 0 Å². The van der Waals surface area contributed by atoms with Crippen molar-refractivity contribution in [3.05, 3.63) is 95.1 Å². The number of hydrogen-bond acceptors (Lipinski definition) is 5. The third kappa shape index (κ3) is 6.72. The zero-order valence-corrected chi connectivity index (χ0v) is 17.2. The summed E-state index contributed by atoms with van der Waals surface area (Å²) in [4.78, 5) is 12.2. The molecule has 3 rings (SSSR count). The van der Waals surface area contributed by atoms with Crippen molar-refractivity contribution in [2.24, 2.45) is 5.10 Å². The molecule has 0 aromatic heterocycles. The molecule has 0 saturated heterocycles. The summed E-state index contributed by atoms with van der Waals surface area (Å²) < 4.78 is 11.3. The summed E-state index contributed by atoms with van der Waals surface area (Å²) >= 11 is 0. The number of benzene rings is 3. The zero-order chi connectivity index (χ0) is 21.9. The van der Waals surface area contributed by atoms with Gasteiger partial charge in [-0.1, -0.05) is 31.2 Å². The fourth-order valence-corrected chi connectivity index (χ4v) is 2.73. The Balaban J connectivity index is 1.54. The largest absolute Gasteiger partial charge is 0.494 e. The van der Waals surface area contributed by atoms with Crippen LogP contribution in [0.25, 0.3) is 0 Å². The van der Waals surface area contributed by atoms with E-state index in [9.17, 15) is 4.79 Å². The van der Waals surface area contributed by atoms with Crippen LogP contribution in [-0.4, -0.2) is 18.7 Å². The van der Waals surface area contributed by atoms with Gasteiger partial charge in [0.05, 0.1) is 24.5 Å². The summed E-state index contributed by atoms with van der Waals surface area (Å²) in [5.41, 5.74) is 5.31. The molecule has 6 nitrogen and oxygen atoms in total. The van der Waals surface area contributed by atoms with Gasteiger partial charge in [-0.05, 0) is 66.1 Å². The van der Waals surface area contributed by atoms with Gasteiger partial charge in [0, 0.05) is 5.56 Å². The molecular formula is C25H23N3O3. The average Bonchev–Trinajstić information content (AvgIpc) is 2.82. The number of rotatable bonds is 9. The molecule has 0 saturated carbocycles. The SMILES string of the molecule is CCCOc1ccc(C(=O)N/N=C/c2cccc(OCc3cccc(C#N)c3)c2)cc1. The van der Waals surface area contributed by atoms with Crippen LogP contribution in [0.4, 0.5) is 0 Å². The Morgan fingerprint density at radius 2 is 1.84 bits per heavy atom. The van der Waals surface area contributed by atoms with Crippen LogP contribution in [0.3, 0.4) is 0 Å². The van der Waals surface area contributed by atoms with E-state index in [-0.39, 0.29) is 5.91 Å². The molecule has 0 bridgehead atoms. The molecule has 6 heteroatoms. The lowest BCUT2D eigenvalue weighted by atomic mass is 10.1. The first kappa shape index (κ1) is 21.6. The Kier molecular flexibility index (Phi) is 7.78. The molecule has 3 aromatic rings. The standard InChI is InChI=1S/C25H23N3O3/c1-2-13-30-23-11-9-22(10-12-23)25(29)28-27-17-20-6-4-8-24(15-20)31-18-21-7-3-5-19(14-21)16-26/h3-12,14-15,17H,2,13,18H2,1H3,(H,28,29)/b27-17+. The highest BCUT2D eigenvalue weighted by Crippen LogP contribution is 2.15. The van der Waals surface area contributed by atoms with Gasteiger partial charge in [0.1, 0.15) is 18.1 Å². The lowest BCUT2D eigenvalue weighted by molar-refractivity contribution is 0.0955. The van der Waals surface area contributed by atoms with Crippen molar-refractivity contribution in [2.75, 3.05) is 6.61 Å². The van der Waals surface area contributed by atoms with Crippen LogP contribution in [0.2, 0.25) is 0 Å². The van der Waals surface area contributed by atoms with Crippen molar-refractivity contribution in [3.8, 4) is 17.6 Å². The summed E-state index contributed by atoms with van der Waals surface area (Å²) in [6.45, 7) is 3.03. The Bertz CT molecular complexity index is 1090. The molecule has 0 fully saturated rings. The van der Waals surface area contributed by atoms with Crippen molar-refractivity contribution in [1.82, 2.24) is 5.43 Å². The Morgan fingerprint density at radius 3 is 2.61 bits per heavy atom. The third-order valence-electron chi connectivity index (χ3n) is 4.29. The fraction of sp³-hybridized carbons (Fsp3) is 0.160. The molecule has 0 aliphatic carbocycles. The monoisotopic (exact) mass is 413 g/mol. The molecule has 156 valence electrons. The van der Waals surface area contributed by atoms with Gasteiger partial charge in [-0.25, -0.2) is 5.43 Å². The zero-order valence-electron chi connectivity index (χ0n) is 17.2. The summed E-state index contributed by atoms with van der Waals surface area (Å²) in [5, 5.41) is 13.0. The van der Waals surface area contributed by atoms with Crippen LogP contribution in [0.5, 0.6) is 11.5 Å². The van der Waals surface area contributed by atoms with Gasteiger partial charge in [0.15, 0.2) is 0 Å². The predicted molar refractivity (Wildman–Crippen MR) is 119 cm³/mol. The maximum absolute atomic E-state index is 12.2. The summed E-state index contributed by atoms with van der Waals surface area (Å²) in [6, 6.07) is 23.7. The maximum atomic E-state index is 12.2. The number of hydrogen-bond donors (Lipinski definition) is 1. The van der Waals surface area contributed by atoms with Crippen molar-refractivity contribution >= 4 is 12.1 Å². The van der Waals surface area contributed by atoms with E-state index in [1.54, 1.807) is 42.6 Å². The van der Waals surface area contributed by atoms with E-state index in [1.165, 1.54) is 0 Å². The fourth-order valence-electron chi connectivity index (χ4n) is 2.73. The van der Waals surface area contributed by atoms with E-state index < -0.39 is 0 Å². The molecule has 1 amide bonds. The molecule has 0 spiro atoms. The number of amides is 1. The first-order valence-electron chi connectivity index (χ1n) is 9.96. The van der Waals surface area contributed by atoms with Crippen LogP contribution in [0.1, 0.15) is 40.4 Å². The smallest absolute Gasteiger partial charge is 0.271 e. The normalized spacial score (nSPS) is 10.5. The number of carbonyl (C=O) groups is 1. The molecule has 0 aliphatic heterocycles. The van der Waals surface area contributed by atoms with Crippen molar-refractivity contribution in [1.29, 1.82) is 5.26 Å². The van der Waals surface area contributed by atoms with Gasteiger partial charge < -0.3 is 9.47 Å². The van der Waals surface area contributed by atoms with E-state index in [1.807, 2.05) is 43.3 Å². The number of carbonyl (C=O) groups excluding carboxylic acids is 1. The van der Waals surface area contributed by atoms with Crippen molar-refractivity contribution in [3.63, 3.8) is 0 Å². The van der Waals surface area contributed by atoms with Gasteiger partial charge in [-0.2, -0.15) is 10.4 Å². The molecule has 0 unspecified atom stereocenters. The quantitative estimate of drug-likeness (QED) is 0.407. The number of nitrogens with zero attached hydrogens (tertiary/aromatic N) is 2. The van der Waals surface area contributed by atoms with Crippen LogP contribution < -0.4 is 14.9 Å². The van der Waals surface area contributed by atoms with Crippen LogP contribution in [0.15, 0.2) is 77.9 Å². The second kappa shape index (κ2) is 11.2. The predicted octanol–water partition coefficient (Wildman–Crippen LogP) is 4.69. The minimum absolute atomic E-state index is 0.303. The minimum atomic E-state index is -0.303. The van der Waals surface area contributed by atoms with Crippen LogP contribution in [0, 0.1) is 11.3 Å². The molecule has 0 heterocycles. The van der Waals surface area contributed by atoms with Crippen molar-refractivity contribution in [2.45, 2.75) is 20.0 Å². The Hall–Kier alpha value is -4.11. The molecular weight excluding hydrogens is 390 g/mol. The number of hydrazone groups is 1. The molecule has 3 aromatic carbocycles. The van der Waals surface area contributed by atoms with Crippen LogP contribution >= 0.6 is 0 Å². The van der Waals surface area contributed by atoms with Gasteiger partial charge in [0.25, 0.3) is 5.91 Å². The number of ether oxygens (including phenoxy) is 2. The van der Waals surface area contributed by atoms with E-state index in [0.717, 1.165) is 23.3 Å². The van der Waals surface area contributed by atoms with Gasteiger partial charge in [-0.3, -0.25) is 4.79 Å². The molecule has 0 aliphatic rings. The summed E-state index contributed by atoms with van der Waals surface area (Å²) in [7, 11) is 0. The molecule has 0 atom stereocenters. The van der Waals surface area contributed by atoms with E-state index in [0.29, 0.717) is 30.1 Å². The Morgan fingerprint density at radius 1 is 1.03 bits per heavy atom. The number of nitrogens with one attached hydrogen (secondary N) is 1. The molecule has 1 N–H and O–H groups in total. The highest BCUT2D eigenvalue weighted by atomic mass is 16.5.